The predicted molar refractivity (Wildman–Crippen MR) is 112 cm³/mol. The van der Waals surface area contributed by atoms with Crippen LogP contribution < -0.4 is 0 Å². The van der Waals surface area contributed by atoms with Gasteiger partial charge in [-0.2, -0.15) is 0 Å². The van der Waals surface area contributed by atoms with Gasteiger partial charge in [0.05, 0.1) is 6.04 Å². The molecule has 3 atom stereocenters. The topological polar surface area (TPSA) is 32.8 Å². The first-order valence-corrected chi connectivity index (χ1v) is 11.2. The quantitative estimate of drug-likeness (QED) is 0.748. The van der Waals surface area contributed by atoms with Crippen LogP contribution in [0.2, 0.25) is 0 Å². The number of benzene rings is 2. The monoisotopic (exact) mass is 406 g/mol. The van der Waals surface area contributed by atoms with Crippen molar-refractivity contribution in [3.63, 3.8) is 0 Å². The summed E-state index contributed by atoms with van der Waals surface area (Å²) in [5.74, 6) is 1.47. The highest BCUT2D eigenvalue weighted by Crippen LogP contribution is 2.45. The van der Waals surface area contributed by atoms with E-state index in [-0.39, 0.29) is 24.1 Å². The first-order valence-electron chi connectivity index (χ1n) is 11.2. The normalized spacial score (nSPS) is 34.0. The molecule has 2 aromatic carbocycles. The van der Waals surface area contributed by atoms with Crippen LogP contribution in [-0.2, 0) is 11.2 Å². The largest absolute Gasteiger partial charge is 0.445 e. The van der Waals surface area contributed by atoms with Crippen LogP contribution in [0.1, 0.15) is 35.6 Å². The number of hydrogen-bond acceptors (Lipinski definition) is 3. The SMILES string of the molecule is O=C(OC1[C@@H]2CC3C[C@@H]1CN(C3)C2)N1CCc2ccccc2[C@@H]1c1ccc(F)cc1. The second-order valence-electron chi connectivity index (χ2n) is 9.52. The molecule has 156 valence electrons. The second-order valence-corrected chi connectivity index (χ2v) is 9.52. The van der Waals surface area contributed by atoms with Gasteiger partial charge in [-0.25, -0.2) is 9.18 Å². The van der Waals surface area contributed by atoms with Gasteiger partial charge in [0.15, 0.2) is 0 Å². The Bertz CT molecular complexity index is 932. The summed E-state index contributed by atoms with van der Waals surface area (Å²) >= 11 is 0. The van der Waals surface area contributed by atoms with Crippen molar-refractivity contribution >= 4 is 6.09 Å². The van der Waals surface area contributed by atoms with Crippen LogP contribution in [0.3, 0.4) is 0 Å². The number of hydrogen-bond donors (Lipinski definition) is 0. The molecular weight excluding hydrogens is 379 g/mol. The van der Waals surface area contributed by atoms with E-state index in [4.69, 9.17) is 4.74 Å². The lowest BCUT2D eigenvalue weighted by molar-refractivity contribution is -0.119. The second kappa shape index (κ2) is 7.09. The molecule has 5 aliphatic rings. The van der Waals surface area contributed by atoms with Gasteiger partial charge in [0.25, 0.3) is 0 Å². The molecule has 0 aromatic heterocycles. The molecule has 7 rings (SSSR count). The Balaban J connectivity index is 1.29. The van der Waals surface area contributed by atoms with Crippen LogP contribution >= 0.6 is 0 Å². The highest BCUT2D eigenvalue weighted by molar-refractivity contribution is 5.70. The van der Waals surface area contributed by atoms with Gasteiger partial charge in [-0.05, 0) is 54.0 Å². The summed E-state index contributed by atoms with van der Waals surface area (Å²) in [6.45, 7) is 3.97. The summed E-state index contributed by atoms with van der Waals surface area (Å²) in [6, 6.07) is 14.6. The summed E-state index contributed by atoms with van der Waals surface area (Å²) in [5.41, 5.74) is 3.29. The molecule has 0 spiro atoms. The van der Waals surface area contributed by atoms with E-state index in [1.807, 2.05) is 17.0 Å². The zero-order valence-corrected chi connectivity index (χ0v) is 17.0. The number of carbonyl (C=O) groups excluding carboxylic acids is 1. The van der Waals surface area contributed by atoms with Gasteiger partial charge < -0.3 is 9.64 Å². The number of carbonyl (C=O) groups is 1. The van der Waals surface area contributed by atoms with Gasteiger partial charge in [-0.15, -0.1) is 0 Å². The molecule has 4 bridgehead atoms. The van der Waals surface area contributed by atoms with E-state index in [2.05, 4.69) is 17.0 Å². The number of rotatable bonds is 2. The maximum absolute atomic E-state index is 13.6. The molecule has 5 heteroatoms. The molecule has 0 radical (unpaired) electrons. The van der Waals surface area contributed by atoms with E-state index in [1.54, 1.807) is 12.1 Å². The minimum atomic E-state index is -0.263. The van der Waals surface area contributed by atoms with E-state index in [9.17, 15) is 9.18 Å². The molecule has 0 unspecified atom stereocenters. The van der Waals surface area contributed by atoms with Gasteiger partial charge in [-0.3, -0.25) is 4.90 Å². The Kier molecular flexibility index (Phi) is 4.34. The number of amides is 1. The smallest absolute Gasteiger partial charge is 0.410 e. The third-order valence-corrected chi connectivity index (χ3v) is 7.64. The molecule has 1 amide bonds. The van der Waals surface area contributed by atoms with E-state index >= 15 is 0 Å². The molecule has 4 aliphatic heterocycles. The summed E-state index contributed by atoms with van der Waals surface area (Å²) in [4.78, 5) is 17.9. The van der Waals surface area contributed by atoms with E-state index in [0.29, 0.717) is 18.4 Å². The third kappa shape index (κ3) is 3.02. The minimum absolute atomic E-state index is 0.0383. The number of halogens is 1. The zero-order valence-electron chi connectivity index (χ0n) is 17.0. The number of piperidine rings is 3. The molecule has 4 nitrogen and oxygen atoms in total. The fourth-order valence-electron chi connectivity index (χ4n) is 6.51. The lowest BCUT2D eigenvalue weighted by atomic mass is 9.66. The van der Waals surface area contributed by atoms with Crippen molar-refractivity contribution in [3.05, 3.63) is 71.0 Å². The number of ether oxygens (including phenoxy) is 1. The number of fused-ring (bicyclic) bond motifs is 1. The van der Waals surface area contributed by atoms with Crippen molar-refractivity contribution in [3.8, 4) is 0 Å². The highest BCUT2D eigenvalue weighted by atomic mass is 19.1. The molecule has 4 fully saturated rings. The van der Waals surface area contributed by atoms with Crippen molar-refractivity contribution in [2.45, 2.75) is 31.4 Å². The first-order chi connectivity index (χ1) is 14.7. The van der Waals surface area contributed by atoms with Crippen LogP contribution in [0.25, 0.3) is 0 Å². The molecule has 2 aromatic rings. The minimum Gasteiger partial charge on any atom is -0.445 e. The Morgan fingerprint density at radius 3 is 2.43 bits per heavy atom. The van der Waals surface area contributed by atoms with Crippen LogP contribution in [0.5, 0.6) is 0 Å². The molecule has 4 heterocycles. The average Bonchev–Trinajstić information content (AvgIpc) is 2.75. The highest BCUT2D eigenvalue weighted by Gasteiger charge is 2.50. The summed E-state index contributed by atoms with van der Waals surface area (Å²) < 4.78 is 19.8. The Morgan fingerprint density at radius 2 is 1.70 bits per heavy atom. The van der Waals surface area contributed by atoms with Crippen molar-refractivity contribution in [1.82, 2.24) is 9.80 Å². The number of nitrogens with zero attached hydrogens (tertiary/aromatic N) is 2. The van der Waals surface area contributed by atoms with Gasteiger partial charge in [0, 0.05) is 38.0 Å². The van der Waals surface area contributed by atoms with E-state index in [1.165, 1.54) is 37.1 Å². The predicted octanol–water partition coefficient (Wildman–Crippen LogP) is 4.25. The van der Waals surface area contributed by atoms with E-state index in [0.717, 1.165) is 36.6 Å². The third-order valence-electron chi connectivity index (χ3n) is 7.64. The van der Waals surface area contributed by atoms with Crippen molar-refractivity contribution < 1.29 is 13.9 Å². The van der Waals surface area contributed by atoms with Gasteiger partial charge in [0.1, 0.15) is 11.9 Å². The molecular formula is C25H27FN2O2. The van der Waals surface area contributed by atoms with Crippen molar-refractivity contribution in [2.75, 3.05) is 26.2 Å². The van der Waals surface area contributed by atoms with Gasteiger partial charge in [-0.1, -0.05) is 36.4 Å². The summed E-state index contributed by atoms with van der Waals surface area (Å²) in [7, 11) is 0. The van der Waals surface area contributed by atoms with Gasteiger partial charge >= 0.3 is 6.09 Å². The van der Waals surface area contributed by atoms with Crippen molar-refractivity contribution in [1.29, 1.82) is 0 Å². The van der Waals surface area contributed by atoms with E-state index < -0.39 is 0 Å². The maximum atomic E-state index is 13.6. The summed E-state index contributed by atoms with van der Waals surface area (Å²) in [6.07, 6.45) is 3.02. The lowest BCUT2D eigenvalue weighted by Crippen LogP contribution is -2.61. The van der Waals surface area contributed by atoms with Gasteiger partial charge in [0.2, 0.25) is 0 Å². The van der Waals surface area contributed by atoms with Crippen LogP contribution in [0, 0.1) is 23.6 Å². The molecule has 30 heavy (non-hydrogen) atoms. The first kappa shape index (κ1) is 18.4. The molecule has 3 saturated heterocycles. The van der Waals surface area contributed by atoms with Crippen molar-refractivity contribution in [2.24, 2.45) is 17.8 Å². The van der Waals surface area contributed by atoms with Crippen LogP contribution in [0.15, 0.2) is 48.5 Å². The van der Waals surface area contributed by atoms with Crippen LogP contribution in [-0.4, -0.2) is 48.2 Å². The Labute approximate surface area is 176 Å². The lowest BCUT2D eigenvalue weighted by Gasteiger charge is -2.55. The zero-order chi connectivity index (χ0) is 20.2. The Morgan fingerprint density at radius 1 is 0.967 bits per heavy atom. The summed E-state index contributed by atoms with van der Waals surface area (Å²) in [5, 5.41) is 0. The average molecular weight is 407 g/mol. The fraction of sp³-hybridized carbons (Fsp3) is 0.480. The fourth-order valence-corrected chi connectivity index (χ4v) is 6.51. The molecule has 0 N–H and O–H groups in total. The maximum Gasteiger partial charge on any atom is 0.410 e. The Hall–Kier alpha value is -2.40. The van der Waals surface area contributed by atoms with Crippen LogP contribution in [0.4, 0.5) is 9.18 Å². The molecule has 1 aliphatic carbocycles. The standard InChI is InChI=1S/C25H27FN2O2/c26-21-7-5-18(6-8-21)23-22-4-2-1-3-17(22)9-10-28(23)25(29)30-24-19-11-16-12-20(24)15-27(13-16)14-19/h1-8,16,19-20,23-24H,9-15H2/t16?,19-,20-,23+,24?/m1/s1. The molecule has 1 saturated carbocycles.